The van der Waals surface area contributed by atoms with E-state index in [1.54, 1.807) is 13.0 Å². The average Bonchev–Trinajstić information content (AvgIpc) is 1.96. The Kier molecular flexibility index (Phi) is 2.10. The summed E-state index contributed by atoms with van der Waals surface area (Å²) in [6.07, 6.45) is 0. The van der Waals surface area contributed by atoms with E-state index in [1.807, 2.05) is 0 Å². The molecule has 1 rings (SSSR count). The van der Waals surface area contributed by atoms with E-state index in [2.05, 4.69) is 0 Å². The Morgan fingerprint density at radius 1 is 1.55 bits per heavy atom. The number of hydrogen-bond donors (Lipinski definition) is 2. The van der Waals surface area contributed by atoms with Crippen LogP contribution in [0.5, 0.6) is 5.75 Å². The Balaban J connectivity index is 3.24. The molecule has 3 heteroatoms. The SMILES string of the molecule is Cc1cc(F)c(O)c(CN)c1. The highest BCUT2D eigenvalue weighted by Crippen LogP contribution is 2.21. The molecule has 3 N–H and O–H groups in total. The van der Waals surface area contributed by atoms with Crippen LogP contribution in [-0.4, -0.2) is 5.11 Å². The van der Waals surface area contributed by atoms with Gasteiger partial charge in [-0.1, -0.05) is 6.07 Å². The summed E-state index contributed by atoms with van der Waals surface area (Å²) in [5, 5.41) is 9.07. The fourth-order valence-electron chi connectivity index (χ4n) is 0.962. The van der Waals surface area contributed by atoms with Crippen molar-refractivity contribution in [2.75, 3.05) is 0 Å². The monoisotopic (exact) mass is 155 g/mol. The van der Waals surface area contributed by atoms with Crippen LogP contribution in [0.1, 0.15) is 11.1 Å². The van der Waals surface area contributed by atoms with Gasteiger partial charge in [-0.2, -0.15) is 0 Å². The maximum atomic E-state index is 12.7. The summed E-state index contributed by atoms with van der Waals surface area (Å²) < 4.78 is 12.7. The van der Waals surface area contributed by atoms with Gasteiger partial charge >= 0.3 is 0 Å². The zero-order chi connectivity index (χ0) is 8.43. The molecule has 0 heterocycles. The quantitative estimate of drug-likeness (QED) is 0.642. The van der Waals surface area contributed by atoms with Crippen molar-refractivity contribution in [3.8, 4) is 5.75 Å². The molecule has 0 radical (unpaired) electrons. The summed E-state index contributed by atoms with van der Waals surface area (Å²) in [6, 6.07) is 2.94. The van der Waals surface area contributed by atoms with Crippen molar-refractivity contribution in [3.05, 3.63) is 29.1 Å². The second-order valence-corrected chi connectivity index (χ2v) is 2.46. The average molecular weight is 155 g/mol. The van der Waals surface area contributed by atoms with Crippen LogP contribution in [0.4, 0.5) is 4.39 Å². The van der Waals surface area contributed by atoms with Crippen LogP contribution in [0.15, 0.2) is 12.1 Å². The summed E-state index contributed by atoms with van der Waals surface area (Å²) in [7, 11) is 0. The molecule has 0 unspecified atom stereocenters. The molecular weight excluding hydrogens is 145 g/mol. The second-order valence-electron chi connectivity index (χ2n) is 2.46. The Morgan fingerprint density at radius 2 is 2.18 bits per heavy atom. The lowest BCUT2D eigenvalue weighted by molar-refractivity contribution is 0.425. The van der Waals surface area contributed by atoms with Gasteiger partial charge in [-0.15, -0.1) is 0 Å². The second kappa shape index (κ2) is 2.88. The molecule has 2 nitrogen and oxygen atoms in total. The summed E-state index contributed by atoms with van der Waals surface area (Å²) in [5.74, 6) is -0.941. The number of halogens is 1. The summed E-state index contributed by atoms with van der Waals surface area (Å²) in [5.41, 5.74) is 6.47. The first kappa shape index (κ1) is 8.01. The number of hydrogen-bond acceptors (Lipinski definition) is 2. The third kappa shape index (κ3) is 1.49. The van der Waals surface area contributed by atoms with Crippen molar-refractivity contribution >= 4 is 0 Å². The third-order valence-electron chi connectivity index (χ3n) is 1.51. The molecule has 0 aliphatic rings. The first-order chi connectivity index (χ1) is 5.15. The van der Waals surface area contributed by atoms with Gasteiger partial charge in [0.2, 0.25) is 0 Å². The van der Waals surface area contributed by atoms with Crippen LogP contribution < -0.4 is 5.73 Å². The number of nitrogens with two attached hydrogens (primary N) is 1. The third-order valence-corrected chi connectivity index (χ3v) is 1.51. The fourth-order valence-corrected chi connectivity index (χ4v) is 0.962. The molecule has 1 aromatic rings. The number of aromatic hydroxyl groups is 1. The lowest BCUT2D eigenvalue weighted by atomic mass is 10.1. The Morgan fingerprint density at radius 3 is 2.73 bits per heavy atom. The molecule has 1 aromatic carbocycles. The van der Waals surface area contributed by atoms with Crippen LogP contribution in [0.2, 0.25) is 0 Å². The van der Waals surface area contributed by atoms with E-state index < -0.39 is 5.82 Å². The Bertz CT molecular complexity index is 273. The molecule has 0 saturated heterocycles. The van der Waals surface area contributed by atoms with Gasteiger partial charge in [0.15, 0.2) is 11.6 Å². The van der Waals surface area contributed by atoms with Gasteiger partial charge in [-0.05, 0) is 18.6 Å². The maximum absolute atomic E-state index is 12.7. The smallest absolute Gasteiger partial charge is 0.165 e. The zero-order valence-corrected chi connectivity index (χ0v) is 6.26. The molecule has 11 heavy (non-hydrogen) atoms. The van der Waals surface area contributed by atoms with Gasteiger partial charge in [0.05, 0.1) is 0 Å². The molecule has 0 aliphatic heterocycles. The van der Waals surface area contributed by atoms with Crippen molar-refractivity contribution in [3.63, 3.8) is 0 Å². The Hall–Kier alpha value is -1.09. The van der Waals surface area contributed by atoms with Crippen LogP contribution in [0.25, 0.3) is 0 Å². The van der Waals surface area contributed by atoms with Gasteiger partial charge in [0, 0.05) is 12.1 Å². The van der Waals surface area contributed by atoms with Crippen molar-refractivity contribution in [1.29, 1.82) is 0 Å². The van der Waals surface area contributed by atoms with E-state index in [4.69, 9.17) is 10.8 Å². The van der Waals surface area contributed by atoms with Crippen molar-refractivity contribution < 1.29 is 9.50 Å². The number of benzene rings is 1. The highest BCUT2D eigenvalue weighted by Gasteiger charge is 2.05. The highest BCUT2D eigenvalue weighted by atomic mass is 19.1. The van der Waals surface area contributed by atoms with Crippen LogP contribution in [0.3, 0.4) is 0 Å². The molecular formula is C8H10FNO. The normalized spacial score (nSPS) is 10.1. The van der Waals surface area contributed by atoms with E-state index in [-0.39, 0.29) is 12.3 Å². The molecule has 0 saturated carbocycles. The zero-order valence-electron chi connectivity index (χ0n) is 6.26. The molecule has 0 amide bonds. The molecule has 0 aromatic heterocycles. The van der Waals surface area contributed by atoms with E-state index in [9.17, 15) is 4.39 Å². The Labute approximate surface area is 64.5 Å². The lowest BCUT2D eigenvalue weighted by Crippen LogP contribution is -1.98. The highest BCUT2D eigenvalue weighted by molar-refractivity contribution is 5.36. The van der Waals surface area contributed by atoms with E-state index in [0.717, 1.165) is 5.56 Å². The summed E-state index contributed by atoms with van der Waals surface area (Å²) in [6.45, 7) is 1.91. The molecule has 0 atom stereocenters. The molecule has 60 valence electrons. The van der Waals surface area contributed by atoms with Crippen LogP contribution in [-0.2, 0) is 6.54 Å². The molecule has 0 aliphatic carbocycles. The molecule has 0 fully saturated rings. The first-order valence-electron chi connectivity index (χ1n) is 3.33. The van der Waals surface area contributed by atoms with E-state index in [1.165, 1.54) is 6.07 Å². The van der Waals surface area contributed by atoms with Crippen molar-refractivity contribution in [2.45, 2.75) is 13.5 Å². The number of rotatable bonds is 1. The van der Waals surface area contributed by atoms with E-state index >= 15 is 0 Å². The molecule has 0 spiro atoms. The number of phenols is 1. The van der Waals surface area contributed by atoms with Gasteiger partial charge in [-0.25, -0.2) is 4.39 Å². The van der Waals surface area contributed by atoms with Gasteiger partial charge in [0.1, 0.15) is 0 Å². The van der Waals surface area contributed by atoms with Crippen LogP contribution >= 0.6 is 0 Å². The topological polar surface area (TPSA) is 46.2 Å². The fraction of sp³-hybridized carbons (Fsp3) is 0.250. The van der Waals surface area contributed by atoms with Crippen molar-refractivity contribution in [2.24, 2.45) is 5.73 Å². The summed E-state index contributed by atoms with van der Waals surface area (Å²) >= 11 is 0. The minimum Gasteiger partial charge on any atom is -0.505 e. The minimum absolute atomic E-state index is 0.157. The minimum atomic E-state index is -0.606. The van der Waals surface area contributed by atoms with Crippen molar-refractivity contribution in [1.82, 2.24) is 0 Å². The number of aryl methyl sites for hydroxylation is 1. The number of phenolic OH excluding ortho intramolecular Hbond substituents is 1. The van der Waals surface area contributed by atoms with E-state index in [0.29, 0.717) is 5.56 Å². The lowest BCUT2D eigenvalue weighted by Gasteiger charge is -2.03. The molecule has 0 bridgehead atoms. The first-order valence-corrected chi connectivity index (χ1v) is 3.33. The van der Waals surface area contributed by atoms with Gasteiger partial charge < -0.3 is 10.8 Å². The maximum Gasteiger partial charge on any atom is 0.165 e. The summed E-state index contributed by atoms with van der Waals surface area (Å²) in [4.78, 5) is 0. The van der Waals surface area contributed by atoms with Gasteiger partial charge in [-0.3, -0.25) is 0 Å². The predicted molar refractivity (Wildman–Crippen MR) is 40.7 cm³/mol. The largest absolute Gasteiger partial charge is 0.505 e. The predicted octanol–water partition coefficient (Wildman–Crippen LogP) is 1.30. The van der Waals surface area contributed by atoms with Crippen LogP contribution in [0, 0.1) is 12.7 Å². The van der Waals surface area contributed by atoms with Gasteiger partial charge in [0.25, 0.3) is 0 Å². The standard InChI is InChI=1S/C8H10FNO/c1-5-2-6(4-10)8(11)7(9)3-5/h2-3,11H,4,10H2,1H3.